The molecule has 2 amide bonds. The zero-order valence-corrected chi connectivity index (χ0v) is 13.0. The van der Waals surface area contributed by atoms with Crippen LogP contribution in [0.5, 0.6) is 0 Å². The standard InChI is InChI=1S/C16H14BrN3O/c1-10-8-11(17)6-7-13(10)19-16(21)20-15-9-18-14-5-3-2-4-12(14)15/h2-9,18H,1H3,(H2,19,20,21). The number of carbonyl (C=O) groups is 1. The molecule has 0 saturated carbocycles. The zero-order chi connectivity index (χ0) is 14.8. The number of H-pyrrole nitrogens is 1. The van der Waals surface area contributed by atoms with Gasteiger partial charge in [0.2, 0.25) is 0 Å². The van der Waals surface area contributed by atoms with Gasteiger partial charge in [0.15, 0.2) is 0 Å². The van der Waals surface area contributed by atoms with Gasteiger partial charge in [-0.05, 0) is 36.8 Å². The maximum Gasteiger partial charge on any atom is 0.323 e. The fraction of sp³-hybridized carbons (Fsp3) is 0.0625. The average Bonchev–Trinajstić information content (AvgIpc) is 2.85. The highest BCUT2D eigenvalue weighted by atomic mass is 79.9. The minimum atomic E-state index is -0.259. The summed E-state index contributed by atoms with van der Waals surface area (Å²) in [6.45, 7) is 1.95. The van der Waals surface area contributed by atoms with Gasteiger partial charge in [-0.1, -0.05) is 34.1 Å². The van der Waals surface area contributed by atoms with E-state index in [0.29, 0.717) is 0 Å². The second-order valence-electron chi connectivity index (χ2n) is 4.79. The Hall–Kier alpha value is -2.27. The fourth-order valence-electron chi connectivity index (χ4n) is 2.22. The molecule has 21 heavy (non-hydrogen) atoms. The van der Waals surface area contributed by atoms with Crippen LogP contribution in [0.2, 0.25) is 0 Å². The Bertz CT molecular complexity index is 810. The van der Waals surface area contributed by atoms with Crippen molar-refractivity contribution in [2.75, 3.05) is 10.6 Å². The van der Waals surface area contributed by atoms with Gasteiger partial charge >= 0.3 is 6.03 Å². The van der Waals surface area contributed by atoms with Crippen LogP contribution >= 0.6 is 15.9 Å². The number of fused-ring (bicyclic) bond motifs is 1. The Balaban J connectivity index is 1.77. The smallest absolute Gasteiger partial charge is 0.323 e. The number of nitrogens with one attached hydrogen (secondary N) is 3. The van der Waals surface area contributed by atoms with Crippen LogP contribution in [0.1, 0.15) is 5.56 Å². The highest BCUT2D eigenvalue weighted by Gasteiger charge is 2.08. The highest BCUT2D eigenvalue weighted by Crippen LogP contribution is 2.23. The SMILES string of the molecule is Cc1cc(Br)ccc1NC(=O)Nc1c[nH]c2ccccc12. The molecule has 3 N–H and O–H groups in total. The number of rotatable bonds is 2. The molecule has 0 atom stereocenters. The van der Waals surface area contributed by atoms with Gasteiger partial charge < -0.3 is 15.6 Å². The largest absolute Gasteiger partial charge is 0.359 e. The van der Waals surface area contributed by atoms with Crippen molar-refractivity contribution >= 4 is 44.2 Å². The summed E-state index contributed by atoms with van der Waals surface area (Å²) < 4.78 is 0.989. The molecule has 1 aromatic heterocycles. The summed E-state index contributed by atoms with van der Waals surface area (Å²) in [6.07, 6.45) is 1.79. The maximum absolute atomic E-state index is 12.1. The lowest BCUT2D eigenvalue weighted by atomic mass is 10.2. The van der Waals surface area contributed by atoms with Crippen molar-refractivity contribution in [3.8, 4) is 0 Å². The Morgan fingerprint density at radius 2 is 1.86 bits per heavy atom. The molecule has 2 aromatic carbocycles. The second-order valence-corrected chi connectivity index (χ2v) is 5.70. The molecule has 0 unspecified atom stereocenters. The zero-order valence-electron chi connectivity index (χ0n) is 11.4. The number of hydrogen-bond acceptors (Lipinski definition) is 1. The number of aromatic amines is 1. The first kappa shape index (κ1) is 13.7. The predicted octanol–water partition coefficient (Wildman–Crippen LogP) is 4.88. The molecular weight excluding hydrogens is 330 g/mol. The number of halogens is 1. The molecule has 106 valence electrons. The molecule has 0 aliphatic rings. The molecule has 0 spiro atoms. The third kappa shape index (κ3) is 2.92. The van der Waals surface area contributed by atoms with Crippen LogP contribution in [0.25, 0.3) is 10.9 Å². The number of aromatic nitrogens is 1. The summed E-state index contributed by atoms with van der Waals surface area (Å²) in [4.78, 5) is 15.2. The lowest BCUT2D eigenvalue weighted by molar-refractivity contribution is 0.262. The van der Waals surface area contributed by atoms with Crippen LogP contribution < -0.4 is 10.6 Å². The normalized spacial score (nSPS) is 10.6. The number of anilines is 2. The fourth-order valence-corrected chi connectivity index (χ4v) is 2.69. The first-order valence-corrected chi connectivity index (χ1v) is 7.33. The first-order valence-electron chi connectivity index (χ1n) is 6.54. The molecule has 0 aliphatic heterocycles. The third-order valence-corrected chi connectivity index (χ3v) is 3.77. The van der Waals surface area contributed by atoms with Crippen molar-refractivity contribution in [3.05, 3.63) is 58.7 Å². The van der Waals surface area contributed by atoms with Crippen molar-refractivity contribution in [3.63, 3.8) is 0 Å². The van der Waals surface area contributed by atoms with Gasteiger partial charge in [-0.25, -0.2) is 4.79 Å². The van der Waals surface area contributed by atoms with E-state index in [0.717, 1.165) is 32.3 Å². The van der Waals surface area contributed by atoms with E-state index in [1.165, 1.54) is 0 Å². The van der Waals surface area contributed by atoms with E-state index in [4.69, 9.17) is 0 Å². The van der Waals surface area contributed by atoms with Gasteiger partial charge in [0.25, 0.3) is 0 Å². The number of para-hydroxylation sites is 1. The molecule has 1 heterocycles. The number of benzene rings is 2. The summed E-state index contributed by atoms with van der Waals surface area (Å²) in [5, 5.41) is 6.70. The number of carbonyl (C=O) groups excluding carboxylic acids is 1. The number of urea groups is 1. The minimum absolute atomic E-state index is 0.259. The van der Waals surface area contributed by atoms with Crippen LogP contribution in [0.4, 0.5) is 16.2 Å². The van der Waals surface area contributed by atoms with Gasteiger partial charge in [-0.3, -0.25) is 0 Å². The molecule has 3 aromatic rings. The van der Waals surface area contributed by atoms with Crippen molar-refractivity contribution < 1.29 is 4.79 Å². The number of amides is 2. The molecule has 4 nitrogen and oxygen atoms in total. The van der Waals surface area contributed by atoms with Gasteiger partial charge in [-0.2, -0.15) is 0 Å². The summed E-state index contributed by atoms with van der Waals surface area (Å²) in [5.41, 5.74) is 3.54. The van der Waals surface area contributed by atoms with Crippen molar-refractivity contribution in [2.45, 2.75) is 6.92 Å². The van der Waals surface area contributed by atoms with Gasteiger partial charge in [-0.15, -0.1) is 0 Å². The van der Waals surface area contributed by atoms with Crippen LogP contribution in [-0.4, -0.2) is 11.0 Å². The Morgan fingerprint density at radius 1 is 1.10 bits per heavy atom. The molecule has 0 bridgehead atoms. The predicted molar refractivity (Wildman–Crippen MR) is 89.8 cm³/mol. The molecule has 0 aliphatic carbocycles. The third-order valence-electron chi connectivity index (χ3n) is 3.27. The average molecular weight is 344 g/mol. The van der Waals surface area contributed by atoms with E-state index < -0.39 is 0 Å². The quantitative estimate of drug-likeness (QED) is 0.610. The topological polar surface area (TPSA) is 56.9 Å². The number of hydrogen-bond donors (Lipinski definition) is 3. The summed E-state index contributed by atoms with van der Waals surface area (Å²) in [6, 6.07) is 13.3. The summed E-state index contributed by atoms with van der Waals surface area (Å²) in [7, 11) is 0. The molecule has 3 rings (SSSR count). The van der Waals surface area contributed by atoms with E-state index in [1.807, 2.05) is 49.4 Å². The highest BCUT2D eigenvalue weighted by molar-refractivity contribution is 9.10. The van der Waals surface area contributed by atoms with E-state index in [9.17, 15) is 4.79 Å². The Kier molecular flexibility index (Phi) is 3.66. The lowest BCUT2D eigenvalue weighted by Crippen LogP contribution is -2.19. The van der Waals surface area contributed by atoms with Crippen LogP contribution in [0.15, 0.2) is 53.1 Å². The van der Waals surface area contributed by atoms with Gasteiger partial charge in [0.05, 0.1) is 5.69 Å². The van der Waals surface area contributed by atoms with Crippen molar-refractivity contribution in [1.82, 2.24) is 4.98 Å². The molecular formula is C16H14BrN3O. The summed E-state index contributed by atoms with van der Waals surface area (Å²) in [5.74, 6) is 0. The van der Waals surface area contributed by atoms with E-state index in [-0.39, 0.29) is 6.03 Å². The molecule has 0 radical (unpaired) electrons. The van der Waals surface area contributed by atoms with Crippen molar-refractivity contribution in [1.29, 1.82) is 0 Å². The van der Waals surface area contributed by atoms with Crippen LogP contribution in [0.3, 0.4) is 0 Å². The van der Waals surface area contributed by atoms with Gasteiger partial charge in [0, 0.05) is 27.3 Å². The minimum Gasteiger partial charge on any atom is -0.359 e. The Morgan fingerprint density at radius 3 is 2.67 bits per heavy atom. The first-order chi connectivity index (χ1) is 10.1. The van der Waals surface area contributed by atoms with E-state index in [1.54, 1.807) is 6.20 Å². The lowest BCUT2D eigenvalue weighted by Gasteiger charge is -2.09. The second kappa shape index (κ2) is 5.61. The van der Waals surface area contributed by atoms with Crippen LogP contribution in [-0.2, 0) is 0 Å². The Labute approximate surface area is 130 Å². The van der Waals surface area contributed by atoms with E-state index >= 15 is 0 Å². The molecule has 0 saturated heterocycles. The summed E-state index contributed by atoms with van der Waals surface area (Å²) >= 11 is 3.41. The molecule has 0 fully saturated rings. The number of aryl methyl sites for hydroxylation is 1. The van der Waals surface area contributed by atoms with Crippen LogP contribution in [0, 0.1) is 6.92 Å². The monoisotopic (exact) mass is 343 g/mol. The van der Waals surface area contributed by atoms with Gasteiger partial charge in [0.1, 0.15) is 0 Å². The maximum atomic E-state index is 12.1. The van der Waals surface area contributed by atoms with E-state index in [2.05, 4.69) is 31.5 Å². The van der Waals surface area contributed by atoms with Crippen molar-refractivity contribution in [2.24, 2.45) is 0 Å². The molecule has 5 heteroatoms.